The van der Waals surface area contributed by atoms with Gasteiger partial charge < -0.3 is 10.5 Å². The van der Waals surface area contributed by atoms with Crippen molar-refractivity contribution in [3.05, 3.63) is 34.8 Å². The lowest BCUT2D eigenvalue weighted by atomic mass is 10.1. The van der Waals surface area contributed by atoms with Crippen LogP contribution in [0, 0.1) is 0 Å². The number of thiazole rings is 1. The lowest BCUT2D eigenvalue weighted by molar-refractivity contribution is 0.416. The summed E-state index contributed by atoms with van der Waals surface area (Å²) in [6, 6.07) is 6.26. The molecular weight excluding hydrogens is 244 g/mol. The Kier molecular flexibility index (Phi) is 4.33. The Balaban J connectivity index is 2.40. The van der Waals surface area contributed by atoms with Gasteiger partial charge in [-0.05, 0) is 30.7 Å². The van der Waals surface area contributed by atoms with Gasteiger partial charge in [-0.1, -0.05) is 13.0 Å². The Bertz CT molecular complexity index is 522. The number of benzene rings is 1. The zero-order valence-electron chi connectivity index (χ0n) is 10.8. The molecule has 2 aromatic rings. The maximum absolute atomic E-state index is 5.55. The molecule has 4 heteroatoms. The van der Waals surface area contributed by atoms with Crippen molar-refractivity contribution in [2.75, 3.05) is 13.7 Å². The van der Waals surface area contributed by atoms with Crippen LogP contribution in [0.3, 0.4) is 0 Å². The van der Waals surface area contributed by atoms with E-state index in [1.54, 1.807) is 18.4 Å². The predicted octanol–water partition coefficient (Wildman–Crippen LogP) is 2.88. The third-order valence-electron chi connectivity index (χ3n) is 2.85. The van der Waals surface area contributed by atoms with Gasteiger partial charge in [0.25, 0.3) is 0 Å². The Morgan fingerprint density at radius 3 is 2.89 bits per heavy atom. The van der Waals surface area contributed by atoms with E-state index in [1.807, 2.05) is 6.07 Å². The summed E-state index contributed by atoms with van der Waals surface area (Å²) >= 11 is 1.64. The molecule has 0 unspecified atom stereocenters. The fraction of sp³-hybridized carbons (Fsp3) is 0.357. The second-order valence-corrected chi connectivity index (χ2v) is 4.93. The quantitative estimate of drug-likeness (QED) is 0.901. The Morgan fingerprint density at radius 2 is 2.22 bits per heavy atom. The third kappa shape index (κ3) is 2.71. The molecule has 2 rings (SSSR count). The van der Waals surface area contributed by atoms with Gasteiger partial charge in [0.2, 0.25) is 0 Å². The first-order valence-corrected chi connectivity index (χ1v) is 6.98. The fourth-order valence-electron chi connectivity index (χ4n) is 1.84. The van der Waals surface area contributed by atoms with E-state index < -0.39 is 0 Å². The summed E-state index contributed by atoms with van der Waals surface area (Å²) in [5, 5.41) is 3.07. The number of methoxy groups -OCH3 is 1. The monoisotopic (exact) mass is 262 g/mol. The topological polar surface area (TPSA) is 48.1 Å². The molecule has 0 atom stereocenters. The number of ether oxygens (including phenoxy) is 1. The van der Waals surface area contributed by atoms with E-state index in [1.165, 1.54) is 5.56 Å². The molecule has 2 N–H and O–H groups in total. The molecule has 1 heterocycles. The maximum atomic E-state index is 5.55. The van der Waals surface area contributed by atoms with E-state index in [0.29, 0.717) is 6.54 Å². The molecule has 0 saturated heterocycles. The Labute approximate surface area is 112 Å². The SMILES string of the molecule is CCc1ccc(OC)c(-c2nc(CCN)cs2)c1. The fourth-order valence-corrected chi connectivity index (χ4v) is 2.71. The van der Waals surface area contributed by atoms with Crippen LogP contribution in [0.2, 0.25) is 0 Å². The first kappa shape index (κ1) is 13.1. The lowest BCUT2D eigenvalue weighted by Crippen LogP contribution is -2.02. The van der Waals surface area contributed by atoms with E-state index in [4.69, 9.17) is 10.5 Å². The van der Waals surface area contributed by atoms with Crippen molar-refractivity contribution >= 4 is 11.3 Å². The molecule has 0 spiro atoms. The van der Waals surface area contributed by atoms with Crippen molar-refractivity contribution in [1.29, 1.82) is 0 Å². The van der Waals surface area contributed by atoms with E-state index in [2.05, 4.69) is 29.4 Å². The molecule has 1 aromatic carbocycles. The molecule has 1 aromatic heterocycles. The van der Waals surface area contributed by atoms with Crippen LogP contribution in [0.5, 0.6) is 5.75 Å². The van der Waals surface area contributed by atoms with E-state index in [0.717, 1.165) is 34.9 Å². The van der Waals surface area contributed by atoms with Gasteiger partial charge in [-0.2, -0.15) is 0 Å². The highest BCUT2D eigenvalue weighted by atomic mass is 32.1. The molecule has 0 aliphatic carbocycles. The largest absolute Gasteiger partial charge is 0.496 e. The molecule has 0 bridgehead atoms. The number of hydrogen-bond acceptors (Lipinski definition) is 4. The second-order valence-electron chi connectivity index (χ2n) is 4.07. The molecule has 0 amide bonds. The van der Waals surface area contributed by atoms with Gasteiger partial charge in [0, 0.05) is 11.8 Å². The normalized spacial score (nSPS) is 10.6. The first-order valence-electron chi connectivity index (χ1n) is 6.10. The van der Waals surface area contributed by atoms with Crippen LogP contribution in [0.1, 0.15) is 18.2 Å². The zero-order valence-corrected chi connectivity index (χ0v) is 11.6. The van der Waals surface area contributed by atoms with Crippen LogP contribution in [0.4, 0.5) is 0 Å². The highest BCUT2D eigenvalue weighted by Crippen LogP contribution is 2.33. The second kappa shape index (κ2) is 5.98. The van der Waals surface area contributed by atoms with Gasteiger partial charge in [-0.3, -0.25) is 0 Å². The highest BCUT2D eigenvalue weighted by Gasteiger charge is 2.10. The van der Waals surface area contributed by atoms with Gasteiger partial charge in [-0.15, -0.1) is 11.3 Å². The minimum atomic E-state index is 0.634. The van der Waals surface area contributed by atoms with Crippen molar-refractivity contribution < 1.29 is 4.74 Å². The molecule has 18 heavy (non-hydrogen) atoms. The smallest absolute Gasteiger partial charge is 0.129 e. The highest BCUT2D eigenvalue weighted by molar-refractivity contribution is 7.13. The van der Waals surface area contributed by atoms with Crippen LogP contribution in [0.25, 0.3) is 10.6 Å². The number of nitrogens with two attached hydrogens (primary N) is 1. The molecule has 0 fully saturated rings. The van der Waals surface area contributed by atoms with Crippen LogP contribution >= 0.6 is 11.3 Å². The summed E-state index contributed by atoms with van der Waals surface area (Å²) in [4.78, 5) is 4.61. The summed E-state index contributed by atoms with van der Waals surface area (Å²) in [5.41, 5.74) is 8.97. The lowest BCUT2D eigenvalue weighted by Gasteiger charge is -2.07. The van der Waals surface area contributed by atoms with Crippen LogP contribution in [0.15, 0.2) is 23.6 Å². The average molecular weight is 262 g/mol. The Morgan fingerprint density at radius 1 is 1.39 bits per heavy atom. The van der Waals surface area contributed by atoms with Gasteiger partial charge in [0.05, 0.1) is 18.4 Å². The van der Waals surface area contributed by atoms with Gasteiger partial charge in [0.1, 0.15) is 10.8 Å². The molecule has 0 saturated carbocycles. The molecule has 0 aliphatic rings. The Hall–Kier alpha value is -1.39. The standard InChI is InChI=1S/C14H18N2OS/c1-3-10-4-5-13(17-2)12(8-10)14-16-11(6-7-15)9-18-14/h4-5,8-9H,3,6-7,15H2,1-2H3. The maximum Gasteiger partial charge on any atom is 0.129 e. The molecule has 3 nitrogen and oxygen atoms in total. The molecule has 0 aliphatic heterocycles. The summed E-state index contributed by atoms with van der Waals surface area (Å²) in [7, 11) is 1.69. The van der Waals surface area contributed by atoms with Gasteiger partial charge in [0.15, 0.2) is 0 Å². The summed E-state index contributed by atoms with van der Waals surface area (Å²) < 4.78 is 5.41. The van der Waals surface area contributed by atoms with Crippen molar-refractivity contribution in [2.24, 2.45) is 5.73 Å². The zero-order chi connectivity index (χ0) is 13.0. The molecule has 0 radical (unpaired) electrons. The number of aromatic nitrogens is 1. The molecule has 96 valence electrons. The number of nitrogens with zero attached hydrogens (tertiary/aromatic N) is 1. The van der Waals surface area contributed by atoms with Crippen molar-refractivity contribution in [1.82, 2.24) is 4.98 Å². The van der Waals surface area contributed by atoms with Crippen LogP contribution in [-0.2, 0) is 12.8 Å². The minimum Gasteiger partial charge on any atom is -0.496 e. The van der Waals surface area contributed by atoms with Gasteiger partial charge >= 0.3 is 0 Å². The first-order chi connectivity index (χ1) is 8.78. The van der Waals surface area contributed by atoms with E-state index >= 15 is 0 Å². The van der Waals surface area contributed by atoms with Crippen LogP contribution in [-0.4, -0.2) is 18.6 Å². The summed E-state index contributed by atoms with van der Waals surface area (Å²) in [6.45, 7) is 2.78. The predicted molar refractivity (Wildman–Crippen MR) is 76.2 cm³/mol. The van der Waals surface area contributed by atoms with Crippen LogP contribution < -0.4 is 10.5 Å². The van der Waals surface area contributed by atoms with Gasteiger partial charge in [-0.25, -0.2) is 4.98 Å². The van der Waals surface area contributed by atoms with Crippen molar-refractivity contribution in [3.63, 3.8) is 0 Å². The third-order valence-corrected chi connectivity index (χ3v) is 3.78. The van der Waals surface area contributed by atoms with Crippen molar-refractivity contribution in [2.45, 2.75) is 19.8 Å². The number of hydrogen-bond donors (Lipinski definition) is 1. The minimum absolute atomic E-state index is 0.634. The van der Waals surface area contributed by atoms with Crippen molar-refractivity contribution in [3.8, 4) is 16.3 Å². The molecular formula is C14H18N2OS. The van der Waals surface area contributed by atoms with E-state index in [9.17, 15) is 0 Å². The summed E-state index contributed by atoms with van der Waals surface area (Å²) in [5.74, 6) is 0.876. The average Bonchev–Trinajstić information content (AvgIpc) is 2.87. The number of aryl methyl sites for hydroxylation is 1. The van der Waals surface area contributed by atoms with E-state index in [-0.39, 0.29) is 0 Å². The number of rotatable bonds is 5. The summed E-state index contributed by atoms with van der Waals surface area (Å²) in [6.07, 6.45) is 1.84.